The first-order chi connectivity index (χ1) is 12.0. The molecule has 1 aromatic carbocycles. The average molecular weight is 347 g/mol. The number of nitro benzene ring substituents is 1. The highest BCUT2D eigenvalue weighted by molar-refractivity contribution is 6.00. The molecule has 25 heavy (non-hydrogen) atoms. The Balaban J connectivity index is 1.92. The molecular formula is C18H25N3O4. The third-order valence-electron chi connectivity index (χ3n) is 5.23. The van der Waals surface area contributed by atoms with Crippen molar-refractivity contribution in [3.05, 3.63) is 33.9 Å². The molecule has 2 fully saturated rings. The van der Waals surface area contributed by atoms with Gasteiger partial charge in [0.25, 0.3) is 11.6 Å². The van der Waals surface area contributed by atoms with Crippen molar-refractivity contribution in [1.29, 1.82) is 0 Å². The van der Waals surface area contributed by atoms with Gasteiger partial charge in [0.2, 0.25) is 0 Å². The Morgan fingerprint density at radius 1 is 1.24 bits per heavy atom. The van der Waals surface area contributed by atoms with Crippen molar-refractivity contribution in [3.8, 4) is 0 Å². The number of β-amino-alcohol motifs (C(OH)–C–C–N with tert-alkyl or cyclic N) is 1. The SMILES string of the molecule is CC1CCN(c2ccc([N+](=O)[O-])cc2C(=O)N2CCCC(O)C2)CC1. The van der Waals surface area contributed by atoms with Gasteiger partial charge in [0.15, 0.2) is 0 Å². The van der Waals surface area contributed by atoms with Crippen molar-refractivity contribution in [3.63, 3.8) is 0 Å². The van der Waals surface area contributed by atoms with Crippen LogP contribution in [0.1, 0.15) is 43.0 Å². The average Bonchev–Trinajstić information content (AvgIpc) is 2.61. The molecule has 7 nitrogen and oxygen atoms in total. The van der Waals surface area contributed by atoms with E-state index in [1.54, 1.807) is 11.0 Å². The van der Waals surface area contributed by atoms with E-state index in [9.17, 15) is 20.0 Å². The minimum absolute atomic E-state index is 0.0740. The summed E-state index contributed by atoms with van der Waals surface area (Å²) in [7, 11) is 0. The smallest absolute Gasteiger partial charge is 0.270 e. The van der Waals surface area contributed by atoms with Gasteiger partial charge >= 0.3 is 0 Å². The summed E-state index contributed by atoms with van der Waals surface area (Å²) in [4.78, 5) is 27.5. The lowest BCUT2D eigenvalue weighted by molar-refractivity contribution is -0.384. The third kappa shape index (κ3) is 3.92. The van der Waals surface area contributed by atoms with Gasteiger partial charge in [-0.3, -0.25) is 14.9 Å². The van der Waals surface area contributed by atoms with E-state index < -0.39 is 11.0 Å². The Morgan fingerprint density at radius 2 is 1.96 bits per heavy atom. The number of hydrogen-bond donors (Lipinski definition) is 1. The molecule has 2 aliphatic heterocycles. The molecule has 0 radical (unpaired) electrons. The topological polar surface area (TPSA) is 86.9 Å². The number of hydrogen-bond acceptors (Lipinski definition) is 5. The number of aliphatic hydroxyl groups is 1. The number of piperidine rings is 2. The van der Waals surface area contributed by atoms with E-state index in [1.807, 2.05) is 0 Å². The van der Waals surface area contributed by atoms with Crippen molar-refractivity contribution in [2.24, 2.45) is 5.92 Å². The van der Waals surface area contributed by atoms with Crippen LogP contribution < -0.4 is 4.90 Å². The van der Waals surface area contributed by atoms with Crippen LogP contribution in [0.2, 0.25) is 0 Å². The van der Waals surface area contributed by atoms with Gasteiger partial charge in [-0.15, -0.1) is 0 Å². The fourth-order valence-corrected chi connectivity index (χ4v) is 3.64. The van der Waals surface area contributed by atoms with E-state index in [-0.39, 0.29) is 18.1 Å². The molecule has 0 spiro atoms. The van der Waals surface area contributed by atoms with E-state index in [0.29, 0.717) is 24.4 Å². The lowest BCUT2D eigenvalue weighted by Crippen LogP contribution is -2.43. The number of benzene rings is 1. The van der Waals surface area contributed by atoms with Crippen LogP contribution >= 0.6 is 0 Å². The van der Waals surface area contributed by atoms with Gasteiger partial charge in [0.1, 0.15) is 0 Å². The Bertz CT molecular complexity index is 656. The Morgan fingerprint density at radius 3 is 2.60 bits per heavy atom. The minimum Gasteiger partial charge on any atom is -0.391 e. The number of carbonyl (C=O) groups excluding carboxylic acids is 1. The summed E-state index contributed by atoms with van der Waals surface area (Å²) in [6.07, 6.45) is 3.02. The Hall–Kier alpha value is -2.15. The van der Waals surface area contributed by atoms with Gasteiger partial charge in [-0.2, -0.15) is 0 Å². The largest absolute Gasteiger partial charge is 0.391 e. The predicted octanol–water partition coefficient (Wildman–Crippen LogP) is 2.43. The summed E-state index contributed by atoms with van der Waals surface area (Å²) >= 11 is 0. The van der Waals surface area contributed by atoms with Crippen molar-refractivity contribution in [2.75, 3.05) is 31.1 Å². The number of likely N-dealkylation sites (tertiary alicyclic amines) is 1. The molecule has 3 rings (SSSR count). The first-order valence-electron chi connectivity index (χ1n) is 8.96. The van der Waals surface area contributed by atoms with Crippen molar-refractivity contribution < 1.29 is 14.8 Å². The maximum absolute atomic E-state index is 13.0. The predicted molar refractivity (Wildman–Crippen MR) is 94.9 cm³/mol. The maximum Gasteiger partial charge on any atom is 0.270 e. The zero-order chi connectivity index (χ0) is 18.0. The van der Waals surface area contributed by atoms with E-state index >= 15 is 0 Å². The molecule has 2 saturated heterocycles. The number of carbonyl (C=O) groups is 1. The van der Waals surface area contributed by atoms with Gasteiger partial charge in [0.05, 0.1) is 22.3 Å². The number of amides is 1. The van der Waals surface area contributed by atoms with Crippen LogP contribution in [0.15, 0.2) is 18.2 Å². The molecule has 2 heterocycles. The monoisotopic (exact) mass is 347 g/mol. The summed E-state index contributed by atoms with van der Waals surface area (Å²) < 4.78 is 0. The third-order valence-corrected chi connectivity index (χ3v) is 5.23. The fraction of sp³-hybridized carbons (Fsp3) is 0.611. The zero-order valence-electron chi connectivity index (χ0n) is 14.6. The highest BCUT2D eigenvalue weighted by Crippen LogP contribution is 2.30. The van der Waals surface area contributed by atoms with Gasteiger partial charge in [-0.05, 0) is 37.7 Å². The van der Waals surface area contributed by atoms with Crippen LogP contribution in [0.5, 0.6) is 0 Å². The number of anilines is 1. The molecule has 7 heteroatoms. The van der Waals surface area contributed by atoms with Crippen molar-refractivity contribution in [1.82, 2.24) is 4.90 Å². The fourth-order valence-electron chi connectivity index (χ4n) is 3.64. The second-order valence-electron chi connectivity index (χ2n) is 7.18. The van der Waals surface area contributed by atoms with Crippen LogP contribution in [0.3, 0.4) is 0 Å². The van der Waals surface area contributed by atoms with Gasteiger partial charge < -0.3 is 14.9 Å². The molecule has 1 atom stereocenters. The van der Waals surface area contributed by atoms with E-state index in [1.165, 1.54) is 12.1 Å². The van der Waals surface area contributed by atoms with E-state index in [0.717, 1.165) is 38.0 Å². The quantitative estimate of drug-likeness (QED) is 0.670. The number of non-ortho nitro benzene ring substituents is 1. The van der Waals surface area contributed by atoms with Crippen molar-refractivity contribution >= 4 is 17.3 Å². The van der Waals surface area contributed by atoms with Crippen LogP contribution in [-0.2, 0) is 0 Å². The van der Waals surface area contributed by atoms with Gasteiger partial charge in [-0.1, -0.05) is 6.92 Å². The van der Waals surface area contributed by atoms with Crippen LogP contribution in [0.25, 0.3) is 0 Å². The normalized spacial score (nSPS) is 22.1. The summed E-state index contributed by atoms with van der Waals surface area (Å²) in [5.41, 5.74) is 1.07. The summed E-state index contributed by atoms with van der Waals surface area (Å²) in [6, 6.07) is 4.55. The molecule has 1 unspecified atom stereocenters. The molecule has 0 aromatic heterocycles. The highest BCUT2D eigenvalue weighted by atomic mass is 16.6. The highest BCUT2D eigenvalue weighted by Gasteiger charge is 2.28. The first-order valence-corrected chi connectivity index (χ1v) is 8.96. The number of aliphatic hydroxyl groups excluding tert-OH is 1. The zero-order valence-corrected chi connectivity index (χ0v) is 14.6. The number of nitro groups is 1. The van der Waals surface area contributed by atoms with E-state index in [2.05, 4.69) is 11.8 Å². The minimum atomic E-state index is -0.518. The standard InChI is InChI=1S/C18H25N3O4/c1-13-6-9-19(10-7-13)17-5-4-14(21(24)25)11-16(17)18(23)20-8-2-3-15(22)12-20/h4-5,11,13,15,22H,2-3,6-10,12H2,1H3. The van der Waals surface area contributed by atoms with Crippen LogP contribution in [0, 0.1) is 16.0 Å². The number of nitrogens with zero attached hydrogens (tertiary/aromatic N) is 3. The molecule has 1 aromatic rings. The molecule has 0 aliphatic carbocycles. The lowest BCUT2D eigenvalue weighted by atomic mass is 9.97. The van der Waals surface area contributed by atoms with Gasteiger partial charge in [0, 0.05) is 38.3 Å². The molecule has 136 valence electrons. The number of rotatable bonds is 3. The Kier molecular flexibility index (Phi) is 5.22. The maximum atomic E-state index is 13.0. The molecule has 1 amide bonds. The molecule has 0 saturated carbocycles. The molecular weight excluding hydrogens is 322 g/mol. The van der Waals surface area contributed by atoms with Crippen LogP contribution in [-0.4, -0.2) is 53.1 Å². The molecule has 1 N–H and O–H groups in total. The summed E-state index contributed by atoms with van der Waals surface area (Å²) in [5.74, 6) is 0.432. The van der Waals surface area contributed by atoms with E-state index in [4.69, 9.17) is 0 Å². The Labute approximate surface area is 147 Å². The molecule has 2 aliphatic rings. The van der Waals surface area contributed by atoms with Crippen molar-refractivity contribution in [2.45, 2.75) is 38.7 Å². The second-order valence-corrected chi connectivity index (χ2v) is 7.18. The summed E-state index contributed by atoms with van der Waals surface area (Å²) in [6.45, 7) is 4.78. The first kappa shape index (κ1) is 17.7. The van der Waals surface area contributed by atoms with Gasteiger partial charge in [-0.25, -0.2) is 0 Å². The van der Waals surface area contributed by atoms with Crippen LogP contribution in [0.4, 0.5) is 11.4 Å². The summed E-state index contributed by atoms with van der Waals surface area (Å²) in [5, 5.41) is 21.0. The lowest BCUT2D eigenvalue weighted by Gasteiger charge is -2.35. The molecule has 0 bridgehead atoms. The second kappa shape index (κ2) is 7.39.